The van der Waals surface area contributed by atoms with Gasteiger partial charge in [0, 0.05) is 16.1 Å². The number of ether oxygens (including phenoxy) is 2. The Kier molecular flexibility index (Phi) is 6.52. The highest BCUT2D eigenvalue weighted by Gasteiger charge is 2.23. The zero-order valence-corrected chi connectivity index (χ0v) is 14.8. The summed E-state index contributed by atoms with van der Waals surface area (Å²) >= 11 is 3.53. The molecule has 2 rings (SSSR count). The van der Waals surface area contributed by atoms with Crippen LogP contribution in [-0.2, 0) is 4.74 Å². The molecule has 0 bridgehead atoms. The molecule has 1 heterocycles. The Balaban J connectivity index is 2.00. The van der Waals surface area contributed by atoms with Crippen molar-refractivity contribution in [3.05, 3.63) is 28.2 Å². The molecule has 0 aliphatic carbocycles. The first-order valence-electron chi connectivity index (χ1n) is 7.91. The summed E-state index contributed by atoms with van der Waals surface area (Å²) in [5.41, 5.74) is 1.21. The Bertz CT molecular complexity index is 452. The number of hydrogen-bond acceptors (Lipinski definition) is 3. The monoisotopic (exact) mass is 355 g/mol. The molecule has 4 heteroatoms. The van der Waals surface area contributed by atoms with Crippen molar-refractivity contribution >= 4 is 15.9 Å². The lowest BCUT2D eigenvalue weighted by atomic mass is 10.1. The Morgan fingerprint density at radius 3 is 2.90 bits per heavy atom. The number of benzene rings is 1. The van der Waals surface area contributed by atoms with Crippen LogP contribution < -0.4 is 10.1 Å². The van der Waals surface area contributed by atoms with E-state index >= 15 is 0 Å². The lowest BCUT2D eigenvalue weighted by Crippen LogP contribution is -2.22. The standard InChI is InChI=1S/C17H26BrNO2/c1-4-9-19-13(3)16-8-6-14(18)10-17(16)20-11-15-7-5-12(2)21-15/h6,8,10,12-13,15,19H,4-5,7,9,11H2,1-3H3. The van der Waals surface area contributed by atoms with Crippen LogP contribution in [0.2, 0.25) is 0 Å². The zero-order valence-electron chi connectivity index (χ0n) is 13.2. The van der Waals surface area contributed by atoms with E-state index in [4.69, 9.17) is 9.47 Å². The van der Waals surface area contributed by atoms with Crippen LogP contribution in [0.3, 0.4) is 0 Å². The molecular weight excluding hydrogens is 330 g/mol. The second-order valence-corrected chi connectivity index (χ2v) is 6.73. The molecular formula is C17H26BrNO2. The second-order valence-electron chi connectivity index (χ2n) is 5.82. The molecule has 1 N–H and O–H groups in total. The van der Waals surface area contributed by atoms with Crippen molar-refractivity contribution in [2.75, 3.05) is 13.2 Å². The molecule has 1 aromatic carbocycles. The van der Waals surface area contributed by atoms with Gasteiger partial charge in [0.05, 0.1) is 12.2 Å². The molecule has 1 fully saturated rings. The third kappa shape index (κ3) is 4.97. The fourth-order valence-electron chi connectivity index (χ4n) is 2.65. The van der Waals surface area contributed by atoms with Crippen molar-refractivity contribution in [2.45, 2.75) is 58.3 Å². The predicted molar refractivity (Wildman–Crippen MR) is 89.9 cm³/mol. The molecule has 0 aromatic heterocycles. The van der Waals surface area contributed by atoms with Crippen LogP contribution in [0, 0.1) is 0 Å². The summed E-state index contributed by atoms with van der Waals surface area (Å²) in [6.07, 6.45) is 3.95. The summed E-state index contributed by atoms with van der Waals surface area (Å²) in [5.74, 6) is 0.948. The van der Waals surface area contributed by atoms with E-state index in [0.717, 1.165) is 36.0 Å². The Morgan fingerprint density at radius 1 is 1.43 bits per heavy atom. The van der Waals surface area contributed by atoms with Gasteiger partial charge < -0.3 is 14.8 Å². The van der Waals surface area contributed by atoms with Gasteiger partial charge in [-0.05, 0) is 51.8 Å². The molecule has 1 aliphatic rings. The van der Waals surface area contributed by atoms with Gasteiger partial charge in [-0.3, -0.25) is 0 Å². The van der Waals surface area contributed by atoms with Gasteiger partial charge in [-0.2, -0.15) is 0 Å². The van der Waals surface area contributed by atoms with Gasteiger partial charge in [0.25, 0.3) is 0 Å². The van der Waals surface area contributed by atoms with Gasteiger partial charge in [-0.1, -0.05) is 28.9 Å². The maximum atomic E-state index is 6.06. The third-order valence-corrected chi connectivity index (χ3v) is 4.38. The molecule has 0 spiro atoms. The van der Waals surface area contributed by atoms with Crippen LogP contribution in [0.4, 0.5) is 0 Å². The first-order chi connectivity index (χ1) is 10.1. The van der Waals surface area contributed by atoms with Crippen LogP contribution in [0.1, 0.15) is 51.6 Å². The van der Waals surface area contributed by atoms with E-state index < -0.39 is 0 Å². The third-order valence-electron chi connectivity index (χ3n) is 3.89. The smallest absolute Gasteiger partial charge is 0.125 e. The molecule has 1 saturated heterocycles. The van der Waals surface area contributed by atoms with E-state index in [1.165, 1.54) is 5.56 Å². The maximum absolute atomic E-state index is 6.06. The fourth-order valence-corrected chi connectivity index (χ4v) is 2.99. The number of hydrogen-bond donors (Lipinski definition) is 1. The van der Waals surface area contributed by atoms with Crippen LogP contribution in [-0.4, -0.2) is 25.4 Å². The van der Waals surface area contributed by atoms with Crippen LogP contribution in [0.5, 0.6) is 5.75 Å². The van der Waals surface area contributed by atoms with Crippen LogP contribution in [0.15, 0.2) is 22.7 Å². The summed E-state index contributed by atoms with van der Waals surface area (Å²) in [5, 5.41) is 3.52. The lowest BCUT2D eigenvalue weighted by molar-refractivity contribution is 0.0261. The topological polar surface area (TPSA) is 30.5 Å². The largest absolute Gasteiger partial charge is 0.490 e. The molecule has 3 nitrogen and oxygen atoms in total. The molecule has 3 unspecified atom stereocenters. The second kappa shape index (κ2) is 8.16. The molecule has 0 radical (unpaired) electrons. The van der Waals surface area contributed by atoms with Gasteiger partial charge >= 0.3 is 0 Å². The molecule has 3 atom stereocenters. The van der Waals surface area contributed by atoms with Crippen molar-refractivity contribution in [1.82, 2.24) is 5.32 Å². The van der Waals surface area contributed by atoms with Crippen molar-refractivity contribution in [2.24, 2.45) is 0 Å². The minimum absolute atomic E-state index is 0.228. The van der Waals surface area contributed by atoms with E-state index in [0.29, 0.717) is 12.7 Å². The quantitative estimate of drug-likeness (QED) is 0.783. The van der Waals surface area contributed by atoms with Gasteiger partial charge in [-0.15, -0.1) is 0 Å². The van der Waals surface area contributed by atoms with Gasteiger partial charge in [0.15, 0.2) is 0 Å². The molecule has 118 valence electrons. The number of rotatable bonds is 7. The van der Waals surface area contributed by atoms with E-state index in [1.807, 2.05) is 0 Å². The molecule has 21 heavy (non-hydrogen) atoms. The fraction of sp³-hybridized carbons (Fsp3) is 0.647. The van der Waals surface area contributed by atoms with Crippen molar-refractivity contribution < 1.29 is 9.47 Å². The summed E-state index contributed by atoms with van der Waals surface area (Å²) in [6.45, 7) is 8.13. The normalized spacial score (nSPS) is 23.2. The van der Waals surface area contributed by atoms with E-state index in [1.54, 1.807) is 0 Å². The van der Waals surface area contributed by atoms with Gasteiger partial charge in [0.2, 0.25) is 0 Å². The first kappa shape index (κ1) is 16.8. The molecule has 1 aliphatic heterocycles. The van der Waals surface area contributed by atoms with E-state index in [2.05, 4.69) is 60.2 Å². The van der Waals surface area contributed by atoms with E-state index in [-0.39, 0.29) is 12.1 Å². The highest BCUT2D eigenvalue weighted by atomic mass is 79.9. The summed E-state index contributed by atoms with van der Waals surface area (Å²) < 4.78 is 12.9. The Labute approximate surface area is 136 Å². The highest BCUT2D eigenvalue weighted by Crippen LogP contribution is 2.30. The maximum Gasteiger partial charge on any atom is 0.125 e. The van der Waals surface area contributed by atoms with Crippen LogP contribution >= 0.6 is 15.9 Å². The van der Waals surface area contributed by atoms with Gasteiger partial charge in [-0.25, -0.2) is 0 Å². The first-order valence-corrected chi connectivity index (χ1v) is 8.70. The van der Waals surface area contributed by atoms with Crippen molar-refractivity contribution in [3.8, 4) is 5.75 Å². The predicted octanol–water partition coefficient (Wildman–Crippen LogP) is 4.46. The summed E-state index contributed by atoms with van der Waals surface area (Å²) in [7, 11) is 0. The lowest BCUT2D eigenvalue weighted by Gasteiger charge is -2.20. The molecule has 0 saturated carbocycles. The highest BCUT2D eigenvalue weighted by molar-refractivity contribution is 9.10. The van der Waals surface area contributed by atoms with E-state index in [9.17, 15) is 0 Å². The van der Waals surface area contributed by atoms with Crippen molar-refractivity contribution in [3.63, 3.8) is 0 Å². The summed E-state index contributed by atoms with van der Waals surface area (Å²) in [4.78, 5) is 0. The minimum atomic E-state index is 0.228. The zero-order chi connectivity index (χ0) is 15.2. The van der Waals surface area contributed by atoms with Crippen LogP contribution in [0.25, 0.3) is 0 Å². The SMILES string of the molecule is CCCNC(C)c1ccc(Br)cc1OCC1CCC(C)O1. The van der Waals surface area contributed by atoms with Crippen molar-refractivity contribution in [1.29, 1.82) is 0 Å². The average molecular weight is 356 g/mol. The molecule has 0 amide bonds. The van der Waals surface area contributed by atoms with Gasteiger partial charge in [0.1, 0.15) is 12.4 Å². The number of nitrogens with one attached hydrogen (secondary N) is 1. The average Bonchev–Trinajstić information content (AvgIpc) is 2.88. The minimum Gasteiger partial charge on any atom is -0.490 e. The number of halogens is 1. The Morgan fingerprint density at radius 2 is 2.24 bits per heavy atom. The Hall–Kier alpha value is -0.580. The molecule has 1 aromatic rings. The summed E-state index contributed by atoms with van der Waals surface area (Å²) in [6, 6.07) is 6.54.